The van der Waals surface area contributed by atoms with Crippen LogP contribution >= 0.6 is 0 Å². The van der Waals surface area contributed by atoms with Crippen LogP contribution in [0.15, 0.2) is 0 Å². The number of aryl methyl sites for hydroxylation is 1. The Morgan fingerprint density at radius 2 is 2.00 bits per heavy atom. The van der Waals surface area contributed by atoms with E-state index >= 15 is 0 Å². The maximum Gasteiger partial charge on any atom is 0.327 e. The van der Waals surface area contributed by atoms with Crippen molar-refractivity contribution in [2.45, 2.75) is 26.8 Å². The lowest BCUT2D eigenvalue weighted by Gasteiger charge is -2.07. The molecular formula is C13H23N3O4. The number of hydrogen-bond donors (Lipinski definition) is 1. The summed E-state index contributed by atoms with van der Waals surface area (Å²) in [5, 5.41) is 4.17. The van der Waals surface area contributed by atoms with Gasteiger partial charge in [0.05, 0.1) is 23.7 Å². The van der Waals surface area contributed by atoms with Gasteiger partial charge >= 0.3 is 5.97 Å². The molecule has 0 saturated heterocycles. The molecule has 0 aliphatic rings. The molecule has 0 fully saturated rings. The first-order valence-corrected chi connectivity index (χ1v) is 6.58. The summed E-state index contributed by atoms with van der Waals surface area (Å²) in [6, 6.07) is 0. The molecule has 2 N–H and O–H groups in total. The maximum absolute atomic E-state index is 11.6. The zero-order chi connectivity index (χ0) is 15.0. The first-order valence-electron chi connectivity index (χ1n) is 6.58. The second-order valence-electron chi connectivity index (χ2n) is 4.42. The number of nitrogens with zero attached hydrogens (tertiary/aromatic N) is 2. The molecule has 0 atom stereocenters. The van der Waals surface area contributed by atoms with E-state index in [0.717, 1.165) is 17.8 Å². The maximum atomic E-state index is 11.6. The fourth-order valence-corrected chi connectivity index (χ4v) is 1.65. The smallest absolute Gasteiger partial charge is 0.327 e. The largest absolute Gasteiger partial charge is 0.462 e. The first kappa shape index (κ1) is 16.5. The van der Waals surface area contributed by atoms with E-state index in [2.05, 4.69) is 5.10 Å². The normalized spacial score (nSPS) is 10.8. The molecule has 0 aliphatic heterocycles. The van der Waals surface area contributed by atoms with Crippen LogP contribution in [0.4, 0.5) is 5.69 Å². The van der Waals surface area contributed by atoms with Gasteiger partial charge < -0.3 is 19.9 Å². The second-order valence-corrected chi connectivity index (χ2v) is 4.42. The van der Waals surface area contributed by atoms with Crippen molar-refractivity contribution >= 4 is 11.7 Å². The van der Waals surface area contributed by atoms with Crippen molar-refractivity contribution in [3.63, 3.8) is 0 Å². The van der Waals surface area contributed by atoms with Crippen molar-refractivity contribution < 1.29 is 19.0 Å². The lowest BCUT2D eigenvalue weighted by Crippen LogP contribution is -2.18. The minimum absolute atomic E-state index is 0.0630. The van der Waals surface area contributed by atoms with E-state index in [1.165, 1.54) is 0 Å². The molecule has 114 valence electrons. The van der Waals surface area contributed by atoms with Gasteiger partial charge in [-0.2, -0.15) is 5.10 Å². The number of anilines is 1. The van der Waals surface area contributed by atoms with E-state index in [9.17, 15) is 4.79 Å². The Bertz CT molecular complexity index is 431. The van der Waals surface area contributed by atoms with E-state index in [4.69, 9.17) is 19.9 Å². The van der Waals surface area contributed by atoms with E-state index < -0.39 is 0 Å². The third kappa shape index (κ3) is 5.18. The summed E-state index contributed by atoms with van der Waals surface area (Å²) < 4.78 is 16.8. The third-order valence-electron chi connectivity index (χ3n) is 2.84. The Morgan fingerprint density at radius 1 is 1.25 bits per heavy atom. The van der Waals surface area contributed by atoms with Crippen LogP contribution in [-0.2, 0) is 25.5 Å². The van der Waals surface area contributed by atoms with E-state index in [0.29, 0.717) is 25.5 Å². The van der Waals surface area contributed by atoms with Gasteiger partial charge in [-0.1, -0.05) is 0 Å². The average Bonchev–Trinajstić information content (AvgIpc) is 2.65. The zero-order valence-electron chi connectivity index (χ0n) is 12.3. The van der Waals surface area contributed by atoms with Crippen molar-refractivity contribution in [3.05, 3.63) is 11.4 Å². The average molecular weight is 285 g/mol. The summed E-state index contributed by atoms with van der Waals surface area (Å²) in [5.41, 5.74) is 7.90. The van der Waals surface area contributed by atoms with Crippen molar-refractivity contribution in [2.24, 2.45) is 0 Å². The SMILES string of the molecule is COCCCOCCOC(=O)Cn1nc(C)c(N)c1C. The molecule has 7 nitrogen and oxygen atoms in total. The molecule has 0 bridgehead atoms. The highest BCUT2D eigenvalue weighted by molar-refractivity contribution is 5.69. The van der Waals surface area contributed by atoms with Gasteiger partial charge in [-0.15, -0.1) is 0 Å². The number of esters is 1. The van der Waals surface area contributed by atoms with Crippen LogP contribution in [0.3, 0.4) is 0 Å². The highest BCUT2D eigenvalue weighted by atomic mass is 16.6. The molecule has 7 heteroatoms. The highest BCUT2D eigenvalue weighted by Gasteiger charge is 2.12. The van der Waals surface area contributed by atoms with Crippen LogP contribution < -0.4 is 5.73 Å². The van der Waals surface area contributed by atoms with Crippen LogP contribution in [0.1, 0.15) is 17.8 Å². The summed E-state index contributed by atoms with van der Waals surface area (Å²) in [6.07, 6.45) is 0.829. The second kappa shape index (κ2) is 8.55. The van der Waals surface area contributed by atoms with Crippen LogP contribution in [0, 0.1) is 13.8 Å². The molecule has 0 saturated carbocycles. The van der Waals surface area contributed by atoms with Crippen LogP contribution in [0.5, 0.6) is 0 Å². The molecule has 0 aliphatic carbocycles. The molecule has 1 rings (SSSR count). The van der Waals surface area contributed by atoms with Crippen LogP contribution in [0.25, 0.3) is 0 Å². The molecule has 0 unspecified atom stereocenters. The van der Waals surface area contributed by atoms with Crippen molar-refractivity contribution in [2.75, 3.05) is 39.3 Å². The van der Waals surface area contributed by atoms with Gasteiger partial charge in [0.2, 0.25) is 0 Å². The fourth-order valence-electron chi connectivity index (χ4n) is 1.65. The minimum Gasteiger partial charge on any atom is -0.462 e. The summed E-state index contributed by atoms with van der Waals surface area (Å²) in [5.74, 6) is -0.351. The Labute approximate surface area is 119 Å². The number of carbonyl (C=O) groups excluding carboxylic acids is 1. The molecule has 0 spiro atoms. The third-order valence-corrected chi connectivity index (χ3v) is 2.84. The number of aromatic nitrogens is 2. The standard InChI is InChI=1S/C13H23N3O4/c1-10-13(14)11(2)16(15-10)9-12(17)20-8-7-19-6-4-5-18-3/h4-9,14H2,1-3H3. The van der Waals surface area contributed by atoms with Crippen LogP contribution in [-0.4, -0.2) is 49.3 Å². The predicted octanol–water partition coefficient (Wildman–Crippen LogP) is 0.678. The van der Waals surface area contributed by atoms with Crippen molar-refractivity contribution in [1.29, 1.82) is 0 Å². The van der Waals surface area contributed by atoms with E-state index in [1.807, 2.05) is 6.92 Å². The molecule has 1 aromatic rings. The first-order chi connectivity index (χ1) is 9.56. The monoisotopic (exact) mass is 285 g/mol. The van der Waals surface area contributed by atoms with E-state index in [1.54, 1.807) is 18.7 Å². The summed E-state index contributed by atoms with van der Waals surface area (Å²) >= 11 is 0. The lowest BCUT2D eigenvalue weighted by molar-refractivity contribution is -0.146. The number of nitrogen functional groups attached to an aromatic ring is 1. The Kier molecular flexibility index (Phi) is 7.03. The van der Waals surface area contributed by atoms with Gasteiger partial charge in [0.1, 0.15) is 13.2 Å². The highest BCUT2D eigenvalue weighted by Crippen LogP contribution is 2.14. The van der Waals surface area contributed by atoms with Gasteiger partial charge in [-0.05, 0) is 20.3 Å². The fraction of sp³-hybridized carbons (Fsp3) is 0.692. The van der Waals surface area contributed by atoms with Crippen LogP contribution in [0.2, 0.25) is 0 Å². The number of ether oxygens (including phenoxy) is 3. The summed E-state index contributed by atoms with van der Waals surface area (Å²) in [6.45, 7) is 5.57. The Morgan fingerprint density at radius 3 is 2.60 bits per heavy atom. The molecular weight excluding hydrogens is 262 g/mol. The number of carbonyl (C=O) groups is 1. The van der Waals surface area contributed by atoms with E-state index in [-0.39, 0.29) is 19.1 Å². The van der Waals surface area contributed by atoms with Crippen molar-refractivity contribution in [1.82, 2.24) is 9.78 Å². The summed E-state index contributed by atoms with van der Waals surface area (Å²) in [7, 11) is 1.65. The Balaban J connectivity index is 2.19. The van der Waals surface area contributed by atoms with Gasteiger partial charge in [-0.25, -0.2) is 0 Å². The Hall–Kier alpha value is -1.60. The van der Waals surface area contributed by atoms with Gasteiger partial charge in [0.15, 0.2) is 0 Å². The zero-order valence-corrected chi connectivity index (χ0v) is 12.3. The predicted molar refractivity (Wildman–Crippen MR) is 74.4 cm³/mol. The number of methoxy groups -OCH3 is 1. The van der Waals surface area contributed by atoms with Crippen molar-refractivity contribution in [3.8, 4) is 0 Å². The topological polar surface area (TPSA) is 88.6 Å². The lowest BCUT2D eigenvalue weighted by atomic mass is 10.3. The number of hydrogen-bond acceptors (Lipinski definition) is 6. The molecule has 1 aromatic heterocycles. The van der Waals surface area contributed by atoms with Gasteiger partial charge in [0.25, 0.3) is 0 Å². The molecule has 0 radical (unpaired) electrons. The van der Waals surface area contributed by atoms with Gasteiger partial charge in [-0.3, -0.25) is 9.48 Å². The van der Waals surface area contributed by atoms with Gasteiger partial charge in [0, 0.05) is 20.3 Å². The minimum atomic E-state index is -0.351. The quantitative estimate of drug-likeness (QED) is 0.530. The molecule has 0 aromatic carbocycles. The molecule has 1 heterocycles. The molecule has 20 heavy (non-hydrogen) atoms. The molecule has 0 amide bonds. The summed E-state index contributed by atoms with van der Waals surface area (Å²) in [4.78, 5) is 11.6. The number of nitrogens with two attached hydrogens (primary N) is 1. The number of rotatable bonds is 9.